The van der Waals surface area contributed by atoms with E-state index in [1.165, 1.54) is 0 Å². The lowest BCUT2D eigenvalue weighted by Gasteiger charge is -2.15. The molecule has 2 aromatic carbocycles. The third-order valence-electron chi connectivity index (χ3n) is 3.03. The van der Waals surface area contributed by atoms with E-state index in [1.54, 1.807) is 0 Å². The van der Waals surface area contributed by atoms with Crippen LogP contribution in [0.1, 0.15) is 5.56 Å². The van der Waals surface area contributed by atoms with Gasteiger partial charge >= 0.3 is 0 Å². The van der Waals surface area contributed by atoms with Gasteiger partial charge in [0.1, 0.15) is 0 Å². The highest BCUT2D eigenvalue weighted by molar-refractivity contribution is 5.86. The summed E-state index contributed by atoms with van der Waals surface area (Å²) in [4.78, 5) is 10.9. The summed E-state index contributed by atoms with van der Waals surface area (Å²) in [6.07, 6.45) is 0.479. The van der Waals surface area contributed by atoms with Gasteiger partial charge < -0.3 is 15.6 Å². The molecule has 0 saturated heterocycles. The maximum Gasteiger partial charge on any atom is 0.0824 e. The molecule has 3 heteroatoms. The molecular weight excluding hydrogens is 214 g/mol. The number of carboxylic acids is 1. The van der Waals surface area contributed by atoms with Gasteiger partial charge in [0.2, 0.25) is 0 Å². The molecule has 0 aliphatic heterocycles. The van der Waals surface area contributed by atoms with Crippen LogP contribution in [0.4, 0.5) is 0 Å². The first-order valence-corrected chi connectivity index (χ1v) is 5.69. The lowest BCUT2D eigenvalue weighted by atomic mass is 9.95. The van der Waals surface area contributed by atoms with Crippen molar-refractivity contribution < 1.29 is 15.6 Å². The molecule has 0 bridgehead atoms. The topological polar surface area (TPSA) is 67.8 Å². The van der Waals surface area contributed by atoms with E-state index in [1.807, 2.05) is 42.5 Å². The fraction of sp³-hybridized carbons (Fsp3) is 0.214. The number of carbonyl (C=O) groups excluding carboxylic acids is 1. The Bertz CT molecular complexity index is 531. The summed E-state index contributed by atoms with van der Waals surface area (Å²) in [5, 5.41) is 13.2. The van der Waals surface area contributed by atoms with Gasteiger partial charge in [0.05, 0.1) is 18.4 Å². The molecule has 3 nitrogen and oxygen atoms in total. The average molecular weight is 229 g/mol. The zero-order valence-corrected chi connectivity index (χ0v) is 9.56. The summed E-state index contributed by atoms with van der Waals surface area (Å²) in [7, 11) is 0. The zero-order chi connectivity index (χ0) is 12.3. The summed E-state index contributed by atoms with van der Waals surface area (Å²) in [5.41, 5.74) is 4.71. The van der Waals surface area contributed by atoms with Crippen LogP contribution in [-0.2, 0) is 11.2 Å². The molecule has 0 aliphatic rings. The van der Waals surface area contributed by atoms with Crippen LogP contribution < -0.4 is 10.8 Å². The van der Waals surface area contributed by atoms with Gasteiger partial charge in [-0.15, -0.1) is 0 Å². The van der Waals surface area contributed by atoms with Crippen molar-refractivity contribution >= 4 is 16.7 Å². The molecule has 0 aromatic heterocycles. The van der Waals surface area contributed by atoms with Crippen LogP contribution in [0, 0.1) is 5.92 Å². The number of carboxylic acid groups (broad SMARTS) is 1. The molecule has 1 atom stereocenters. The molecule has 0 unspecified atom stereocenters. The minimum atomic E-state index is -1.02. The number of quaternary nitrogens is 1. The fourth-order valence-electron chi connectivity index (χ4n) is 2.04. The Morgan fingerprint density at radius 2 is 1.88 bits per heavy atom. The third-order valence-corrected chi connectivity index (χ3v) is 3.03. The van der Waals surface area contributed by atoms with Crippen molar-refractivity contribution in [2.24, 2.45) is 5.92 Å². The molecule has 0 fully saturated rings. The molecule has 0 aliphatic carbocycles. The summed E-state index contributed by atoms with van der Waals surface area (Å²) >= 11 is 0. The van der Waals surface area contributed by atoms with Gasteiger partial charge in [0.15, 0.2) is 0 Å². The van der Waals surface area contributed by atoms with Gasteiger partial charge in [0, 0.05) is 0 Å². The molecular formula is C14H15NO2. The standard InChI is InChI=1S/C14H15NO2/c15-9-12(14(16)17)8-11-6-3-5-10-4-1-2-7-13(10)11/h1-7,12H,8-9,15H2,(H,16,17)/t12-/m1/s1. The van der Waals surface area contributed by atoms with Crippen LogP contribution in [0.5, 0.6) is 0 Å². The Kier molecular flexibility index (Phi) is 3.40. The molecule has 0 radical (unpaired) electrons. The van der Waals surface area contributed by atoms with Crippen LogP contribution in [0.2, 0.25) is 0 Å². The minimum absolute atomic E-state index is 0.353. The average Bonchev–Trinajstić information content (AvgIpc) is 2.35. The van der Waals surface area contributed by atoms with Gasteiger partial charge in [-0.25, -0.2) is 0 Å². The van der Waals surface area contributed by atoms with Gasteiger partial charge in [-0.1, -0.05) is 42.5 Å². The summed E-state index contributed by atoms with van der Waals surface area (Å²) in [5.74, 6) is -1.53. The first-order chi connectivity index (χ1) is 8.22. The fourth-order valence-corrected chi connectivity index (χ4v) is 2.04. The maximum absolute atomic E-state index is 10.9. The van der Waals surface area contributed by atoms with Gasteiger partial charge in [-0.3, -0.25) is 0 Å². The van der Waals surface area contributed by atoms with Crippen molar-refractivity contribution in [2.45, 2.75) is 6.42 Å². The summed E-state index contributed by atoms with van der Waals surface area (Å²) < 4.78 is 0. The monoisotopic (exact) mass is 229 g/mol. The molecule has 0 amide bonds. The normalized spacial score (nSPS) is 12.5. The Labute approximate surface area is 99.9 Å². The van der Waals surface area contributed by atoms with Crippen molar-refractivity contribution in [3.05, 3.63) is 48.0 Å². The third kappa shape index (κ3) is 2.45. The molecule has 0 heterocycles. The highest BCUT2D eigenvalue weighted by Gasteiger charge is 2.12. The van der Waals surface area contributed by atoms with E-state index >= 15 is 0 Å². The lowest BCUT2D eigenvalue weighted by Crippen LogP contribution is -2.57. The van der Waals surface area contributed by atoms with Crippen LogP contribution in [0.15, 0.2) is 42.5 Å². The largest absolute Gasteiger partial charge is 0.550 e. The maximum atomic E-state index is 10.9. The Morgan fingerprint density at radius 3 is 2.59 bits per heavy atom. The zero-order valence-electron chi connectivity index (χ0n) is 9.56. The number of aliphatic carboxylic acids is 1. The van der Waals surface area contributed by atoms with E-state index in [-0.39, 0.29) is 0 Å². The second-order valence-electron chi connectivity index (χ2n) is 4.15. The summed E-state index contributed by atoms with van der Waals surface area (Å²) in [6, 6.07) is 13.9. The van der Waals surface area contributed by atoms with Gasteiger partial charge in [-0.2, -0.15) is 0 Å². The smallest absolute Gasteiger partial charge is 0.0824 e. The predicted octanol–water partition coefficient (Wildman–Crippen LogP) is -0.00970. The molecule has 0 spiro atoms. The van der Waals surface area contributed by atoms with E-state index in [2.05, 4.69) is 5.73 Å². The minimum Gasteiger partial charge on any atom is -0.550 e. The van der Waals surface area contributed by atoms with Gasteiger partial charge in [-0.05, 0) is 22.8 Å². The van der Waals surface area contributed by atoms with E-state index in [0.29, 0.717) is 13.0 Å². The number of carbonyl (C=O) groups is 1. The number of hydrogen-bond acceptors (Lipinski definition) is 2. The number of hydrogen-bond donors (Lipinski definition) is 1. The highest BCUT2D eigenvalue weighted by Crippen LogP contribution is 2.20. The van der Waals surface area contributed by atoms with Crippen LogP contribution >= 0.6 is 0 Å². The number of fused-ring (bicyclic) bond motifs is 1. The van der Waals surface area contributed by atoms with Crippen molar-refractivity contribution in [2.75, 3.05) is 6.54 Å². The molecule has 17 heavy (non-hydrogen) atoms. The molecule has 2 aromatic rings. The van der Waals surface area contributed by atoms with Crippen LogP contribution in [0.3, 0.4) is 0 Å². The van der Waals surface area contributed by atoms with E-state index in [0.717, 1.165) is 16.3 Å². The quantitative estimate of drug-likeness (QED) is 0.801. The van der Waals surface area contributed by atoms with Crippen molar-refractivity contribution in [1.82, 2.24) is 0 Å². The van der Waals surface area contributed by atoms with E-state index in [4.69, 9.17) is 0 Å². The highest BCUT2D eigenvalue weighted by atomic mass is 16.4. The molecule has 2 rings (SSSR count). The predicted molar refractivity (Wildman–Crippen MR) is 63.9 cm³/mol. The second kappa shape index (κ2) is 4.97. The van der Waals surface area contributed by atoms with E-state index < -0.39 is 11.9 Å². The SMILES string of the molecule is [NH3+]C[C@@H](Cc1cccc2ccccc12)C(=O)[O-]. The second-order valence-corrected chi connectivity index (χ2v) is 4.15. The van der Waals surface area contributed by atoms with E-state index in [9.17, 15) is 9.90 Å². The summed E-state index contributed by atoms with van der Waals surface area (Å²) in [6.45, 7) is 0.353. The number of benzene rings is 2. The number of rotatable bonds is 4. The van der Waals surface area contributed by atoms with Crippen molar-refractivity contribution in [3.8, 4) is 0 Å². The lowest BCUT2D eigenvalue weighted by molar-refractivity contribution is -0.387. The van der Waals surface area contributed by atoms with Gasteiger partial charge in [0.25, 0.3) is 0 Å². The van der Waals surface area contributed by atoms with Crippen LogP contribution in [0.25, 0.3) is 10.8 Å². The van der Waals surface area contributed by atoms with Crippen molar-refractivity contribution in [3.63, 3.8) is 0 Å². The molecule has 0 saturated carbocycles. The van der Waals surface area contributed by atoms with Crippen molar-refractivity contribution in [1.29, 1.82) is 0 Å². The first kappa shape index (κ1) is 11.6. The van der Waals surface area contributed by atoms with Crippen LogP contribution in [-0.4, -0.2) is 12.5 Å². The Morgan fingerprint density at radius 1 is 1.18 bits per heavy atom. The molecule has 88 valence electrons. The Hall–Kier alpha value is -1.87. The Balaban J connectivity index is 2.38. The molecule has 3 N–H and O–H groups in total. The first-order valence-electron chi connectivity index (χ1n) is 5.69.